The third kappa shape index (κ3) is 15.7. The number of thiophene rings is 2. The van der Waals surface area contributed by atoms with Crippen LogP contribution in [-0.2, 0) is 15.0 Å². The van der Waals surface area contributed by atoms with E-state index in [-0.39, 0.29) is 17.2 Å². The fourth-order valence-electron chi connectivity index (χ4n) is 15.7. The maximum absolute atomic E-state index is 16.3. The molecule has 2 atom stereocenters. The number of rotatable bonds is 34. The predicted molar refractivity (Wildman–Crippen MR) is 425 cm³/mol. The Morgan fingerprint density at radius 2 is 0.837 bits per heavy atom. The molecule has 12 rings (SSSR count). The molecule has 0 spiro atoms. The van der Waals surface area contributed by atoms with Crippen LogP contribution in [0.3, 0.4) is 0 Å². The number of furan rings is 1. The molecule has 7 aromatic carbocycles. The van der Waals surface area contributed by atoms with E-state index in [4.69, 9.17) is 4.42 Å². The zero-order valence-electron chi connectivity index (χ0n) is 60.6. The van der Waals surface area contributed by atoms with Crippen molar-refractivity contribution in [3.8, 4) is 53.8 Å². The summed E-state index contributed by atoms with van der Waals surface area (Å²) in [5.74, 6) is 1.91. The van der Waals surface area contributed by atoms with Crippen LogP contribution in [0.15, 0.2) is 162 Å². The highest BCUT2D eigenvalue weighted by Gasteiger charge is 2.44. The summed E-state index contributed by atoms with van der Waals surface area (Å²) >= 11 is 3.66. The minimum Gasteiger partial charge on any atom is -0.455 e. The zero-order valence-corrected chi connectivity index (χ0v) is 62.2. The summed E-state index contributed by atoms with van der Waals surface area (Å²) in [4.78, 5) is 41.6. The molecule has 0 saturated carbocycles. The molecule has 3 aromatic heterocycles. The molecule has 0 bridgehead atoms. The van der Waals surface area contributed by atoms with Crippen LogP contribution in [0.4, 0.5) is 11.4 Å². The summed E-state index contributed by atoms with van der Waals surface area (Å²) in [6, 6.07) is 57.9. The molecule has 10 aromatic rings. The largest absolute Gasteiger partial charge is 0.455 e. The molecular weight excluding hydrogens is 1230 g/mol. The molecule has 2 aliphatic rings. The van der Waals surface area contributed by atoms with E-state index in [1.807, 2.05) is 11.3 Å². The van der Waals surface area contributed by atoms with Crippen LogP contribution in [0.25, 0.3) is 97.4 Å². The van der Waals surface area contributed by atoms with Gasteiger partial charge in [-0.1, -0.05) is 300 Å². The fraction of sp³-hybridized carbons (Fsp3) is 0.429. The van der Waals surface area contributed by atoms with Gasteiger partial charge in [0.25, 0.3) is 11.8 Å². The second-order valence-electron chi connectivity index (χ2n) is 30.1. The first-order valence-corrected chi connectivity index (χ1v) is 39.9. The van der Waals surface area contributed by atoms with Crippen LogP contribution in [0.5, 0.6) is 0 Å². The quantitative estimate of drug-likeness (QED) is 0.0229. The number of unbranched alkanes of at least 4 members (excludes halogenated alkanes) is 16. The fourth-order valence-corrected chi connectivity index (χ4v) is 17.8. The number of hydrogen-bond donors (Lipinski definition) is 0. The van der Waals surface area contributed by atoms with Gasteiger partial charge < -0.3 is 14.2 Å². The standard InChI is InChI=1S/C91H108N2O3S2/c1-10-14-18-22-24-30-38-63(36-28-20-16-12-3)60-92-77-58-69(80-53-52-79(97-80)68-45-49-71-72-48-44-67(62(5)6)56-76(72)88-84(75(71)57-68)83(65-40-32-26-33-41-65)87(96-88)66-42-34-27-35-43-66)46-50-73(77)85(89(92)94)86-74-51-47-70(81-54-55-82(98-81)91(7,8)9)59-78(74)93(90(86)95)61-64(37-29-21-17-13-4)39-31-25-23-19-15-11-2/h26-27,32-35,40-59,62-64H,10-25,28-31,36-39,60-61H2,1-9H3/b86-85+. The Bertz CT molecular complexity index is 4380. The van der Waals surface area contributed by atoms with Gasteiger partial charge in [0.2, 0.25) is 0 Å². The molecule has 5 heterocycles. The smallest absolute Gasteiger partial charge is 0.259 e. The van der Waals surface area contributed by atoms with E-state index in [0.29, 0.717) is 42.0 Å². The van der Waals surface area contributed by atoms with Crippen molar-refractivity contribution in [1.82, 2.24) is 0 Å². The molecule has 512 valence electrons. The molecule has 0 N–H and O–H groups in total. The third-order valence-electron chi connectivity index (χ3n) is 21.4. The van der Waals surface area contributed by atoms with Gasteiger partial charge in [-0.2, -0.15) is 0 Å². The molecule has 5 nitrogen and oxygen atoms in total. The Balaban J connectivity index is 0.974. The van der Waals surface area contributed by atoms with Crippen LogP contribution >= 0.6 is 22.7 Å². The number of carbonyl (C=O) groups is 2. The van der Waals surface area contributed by atoms with E-state index >= 15 is 9.59 Å². The first kappa shape index (κ1) is 70.5. The van der Waals surface area contributed by atoms with Crippen LogP contribution in [0.1, 0.15) is 244 Å². The maximum atomic E-state index is 16.3. The van der Waals surface area contributed by atoms with Gasteiger partial charge in [0.15, 0.2) is 0 Å². The summed E-state index contributed by atoms with van der Waals surface area (Å²) in [6.45, 7) is 21.9. The van der Waals surface area contributed by atoms with E-state index in [9.17, 15) is 0 Å². The molecule has 0 aliphatic carbocycles. The molecule has 98 heavy (non-hydrogen) atoms. The predicted octanol–water partition coefficient (Wildman–Crippen LogP) is 27.9. The lowest BCUT2D eigenvalue weighted by molar-refractivity contribution is -0.114. The Morgan fingerprint density at radius 1 is 0.408 bits per heavy atom. The third-order valence-corrected chi connectivity index (χ3v) is 24.1. The number of carbonyl (C=O) groups excluding carboxylic acids is 2. The van der Waals surface area contributed by atoms with Crippen LogP contribution in [0.2, 0.25) is 0 Å². The number of fused-ring (bicyclic) bond motifs is 8. The first-order valence-electron chi connectivity index (χ1n) is 38.2. The number of benzene rings is 7. The summed E-state index contributed by atoms with van der Waals surface area (Å²) in [7, 11) is 0. The van der Waals surface area contributed by atoms with Gasteiger partial charge in [0.05, 0.1) is 22.5 Å². The highest BCUT2D eigenvalue weighted by Crippen LogP contribution is 2.53. The van der Waals surface area contributed by atoms with Gasteiger partial charge in [-0.05, 0) is 141 Å². The van der Waals surface area contributed by atoms with E-state index in [0.717, 1.165) is 115 Å². The summed E-state index contributed by atoms with van der Waals surface area (Å²) < 4.78 is 7.26. The topological polar surface area (TPSA) is 53.8 Å². The molecule has 2 amide bonds. The van der Waals surface area contributed by atoms with Gasteiger partial charge >= 0.3 is 0 Å². The van der Waals surface area contributed by atoms with Crippen molar-refractivity contribution < 1.29 is 14.0 Å². The number of amides is 2. The highest BCUT2D eigenvalue weighted by molar-refractivity contribution is 7.18. The monoisotopic (exact) mass is 1340 g/mol. The van der Waals surface area contributed by atoms with Crippen molar-refractivity contribution in [2.45, 2.75) is 228 Å². The number of anilines is 2. The van der Waals surface area contributed by atoms with E-state index in [1.165, 1.54) is 158 Å². The normalized spacial score (nSPS) is 14.7. The first-order chi connectivity index (χ1) is 47.8. The molecule has 0 saturated heterocycles. The van der Waals surface area contributed by atoms with Crippen molar-refractivity contribution in [1.29, 1.82) is 0 Å². The zero-order chi connectivity index (χ0) is 68.3. The van der Waals surface area contributed by atoms with E-state index in [1.54, 1.807) is 11.3 Å². The van der Waals surface area contributed by atoms with Crippen LogP contribution in [0, 0.1) is 11.8 Å². The van der Waals surface area contributed by atoms with Gasteiger partial charge in [-0.3, -0.25) is 9.59 Å². The Morgan fingerprint density at radius 3 is 1.33 bits per heavy atom. The highest BCUT2D eigenvalue weighted by atomic mass is 32.1. The molecule has 0 radical (unpaired) electrons. The van der Waals surface area contributed by atoms with E-state index in [2.05, 4.69) is 230 Å². The van der Waals surface area contributed by atoms with Crippen molar-refractivity contribution >= 4 is 89.5 Å². The Labute approximate surface area is 595 Å². The minimum atomic E-state index is -0.0259. The van der Waals surface area contributed by atoms with Gasteiger partial charge in [-0.25, -0.2) is 0 Å². The second-order valence-corrected chi connectivity index (χ2v) is 32.3. The Kier molecular flexibility index (Phi) is 23.6. The summed E-state index contributed by atoms with van der Waals surface area (Å²) in [5, 5.41) is 5.82. The SMILES string of the molecule is CCCCCCCCC(CCCCCC)CN1C(=O)/C(=C2/C(=O)N(CC(CCCCCC)CCCCCCCC)c3cc(-c4ccc(C(C)(C)C)s4)ccc32)c2ccc(-c3ccc(-c4ccc5c6ccc(C(C)C)cc6c6oc(-c7ccccc7)c(-c7ccccc7)c6c5c4)s3)cc21. The van der Waals surface area contributed by atoms with Crippen LogP contribution < -0.4 is 9.80 Å². The van der Waals surface area contributed by atoms with Crippen molar-refractivity contribution in [2.24, 2.45) is 11.8 Å². The summed E-state index contributed by atoms with van der Waals surface area (Å²) in [6.07, 6.45) is 29.0. The van der Waals surface area contributed by atoms with Gasteiger partial charge in [0.1, 0.15) is 11.3 Å². The van der Waals surface area contributed by atoms with Crippen molar-refractivity contribution in [2.75, 3.05) is 22.9 Å². The lowest BCUT2D eigenvalue weighted by Gasteiger charge is -2.25. The molecule has 7 heteroatoms. The minimum absolute atomic E-state index is 0.0184. The lowest BCUT2D eigenvalue weighted by atomic mass is 9.90. The van der Waals surface area contributed by atoms with Gasteiger partial charge in [0, 0.05) is 65.6 Å². The van der Waals surface area contributed by atoms with E-state index < -0.39 is 0 Å². The Hall–Kier alpha value is -7.32. The van der Waals surface area contributed by atoms with Gasteiger partial charge in [-0.15, -0.1) is 22.7 Å². The molecule has 2 unspecified atom stereocenters. The molecule has 0 fully saturated rings. The number of nitrogens with zero attached hydrogens (tertiary/aromatic N) is 2. The lowest BCUT2D eigenvalue weighted by Crippen LogP contribution is -2.34. The maximum Gasteiger partial charge on any atom is 0.259 e. The number of hydrogen-bond acceptors (Lipinski definition) is 5. The summed E-state index contributed by atoms with van der Waals surface area (Å²) in [5.41, 5.74) is 13.7. The average molecular weight is 1340 g/mol. The van der Waals surface area contributed by atoms with Crippen molar-refractivity contribution in [3.63, 3.8) is 0 Å². The second kappa shape index (κ2) is 32.8. The average Bonchev–Trinajstić information content (AvgIpc) is 1.37. The molecule has 2 aliphatic heterocycles. The van der Waals surface area contributed by atoms with Crippen LogP contribution in [-0.4, -0.2) is 24.9 Å². The van der Waals surface area contributed by atoms with Crippen molar-refractivity contribution in [3.05, 3.63) is 179 Å². The molecular formula is C91H108N2O3S2.